The second-order valence-electron chi connectivity index (χ2n) is 5.68. The highest BCUT2D eigenvalue weighted by molar-refractivity contribution is 5.66. The second kappa shape index (κ2) is 5.73. The number of benzene rings is 1. The molecule has 0 heterocycles. The smallest absolute Gasteiger partial charge is 0.00573 e. The summed E-state index contributed by atoms with van der Waals surface area (Å²) in [4.78, 5) is 0. The molecule has 0 saturated heterocycles. The lowest BCUT2D eigenvalue weighted by atomic mass is 9.84. The first-order valence-corrected chi connectivity index (χ1v) is 7.50. The molecule has 0 N–H and O–H groups in total. The Morgan fingerprint density at radius 2 is 1.83 bits per heavy atom. The Balaban J connectivity index is 2.26. The van der Waals surface area contributed by atoms with Gasteiger partial charge in [0.2, 0.25) is 0 Å². The molecule has 0 amide bonds. The topological polar surface area (TPSA) is 0 Å². The highest BCUT2D eigenvalue weighted by atomic mass is 14.3. The van der Waals surface area contributed by atoms with Crippen molar-refractivity contribution in [3.63, 3.8) is 0 Å². The predicted octanol–water partition coefficient (Wildman–Crippen LogP) is 5.58. The normalized spacial score (nSPS) is 18.1. The van der Waals surface area contributed by atoms with Crippen molar-refractivity contribution in [2.24, 2.45) is 5.92 Å². The Morgan fingerprint density at radius 1 is 1.11 bits per heavy atom. The van der Waals surface area contributed by atoms with Crippen LogP contribution in [0.4, 0.5) is 0 Å². The molecule has 0 spiro atoms. The van der Waals surface area contributed by atoms with Crippen LogP contribution in [-0.4, -0.2) is 0 Å². The van der Waals surface area contributed by atoms with E-state index >= 15 is 0 Å². The van der Waals surface area contributed by atoms with Gasteiger partial charge in [0.25, 0.3) is 0 Å². The quantitative estimate of drug-likeness (QED) is 0.632. The Labute approximate surface area is 112 Å². The molecular formula is C18H26. The van der Waals surface area contributed by atoms with E-state index in [2.05, 4.69) is 52.0 Å². The van der Waals surface area contributed by atoms with Crippen LogP contribution in [0.25, 0.3) is 6.08 Å². The Hall–Kier alpha value is -1.04. The van der Waals surface area contributed by atoms with Crippen molar-refractivity contribution in [2.45, 2.75) is 59.3 Å². The van der Waals surface area contributed by atoms with Crippen molar-refractivity contribution in [2.75, 3.05) is 0 Å². The van der Waals surface area contributed by atoms with Crippen molar-refractivity contribution in [3.8, 4) is 0 Å². The zero-order chi connectivity index (χ0) is 13.1. The van der Waals surface area contributed by atoms with Crippen LogP contribution >= 0.6 is 0 Å². The minimum Gasteiger partial charge on any atom is -0.0652 e. The third-order valence-electron chi connectivity index (χ3n) is 4.59. The van der Waals surface area contributed by atoms with Gasteiger partial charge in [0.15, 0.2) is 0 Å². The van der Waals surface area contributed by atoms with Gasteiger partial charge in [-0.3, -0.25) is 0 Å². The van der Waals surface area contributed by atoms with Crippen LogP contribution in [0.1, 0.15) is 69.6 Å². The van der Waals surface area contributed by atoms with E-state index in [1.165, 1.54) is 30.4 Å². The van der Waals surface area contributed by atoms with Gasteiger partial charge < -0.3 is 0 Å². The molecule has 0 saturated carbocycles. The molecule has 0 aliphatic heterocycles. The summed E-state index contributed by atoms with van der Waals surface area (Å²) >= 11 is 0. The lowest BCUT2D eigenvalue weighted by Crippen LogP contribution is -2.06. The minimum absolute atomic E-state index is 0.677. The molecule has 1 aliphatic carbocycles. The summed E-state index contributed by atoms with van der Waals surface area (Å²) in [5.41, 5.74) is 6.08. The zero-order valence-corrected chi connectivity index (χ0v) is 12.3. The number of allylic oxidation sites excluding steroid dienone is 1. The number of fused-ring (bicyclic) bond motifs is 1. The lowest BCUT2D eigenvalue weighted by Gasteiger charge is -2.21. The molecule has 0 radical (unpaired) electrons. The summed E-state index contributed by atoms with van der Waals surface area (Å²) in [7, 11) is 0. The molecule has 2 rings (SSSR count). The summed E-state index contributed by atoms with van der Waals surface area (Å²) in [5, 5.41) is 0. The van der Waals surface area contributed by atoms with E-state index < -0.39 is 0 Å². The van der Waals surface area contributed by atoms with Gasteiger partial charge in [-0.25, -0.2) is 0 Å². The van der Waals surface area contributed by atoms with E-state index in [1.807, 2.05) is 0 Å². The average Bonchev–Trinajstić information content (AvgIpc) is 2.70. The second-order valence-corrected chi connectivity index (χ2v) is 5.68. The van der Waals surface area contributed by atoms with Gasteiger partial charge in [-0.2, -0.15) is 0 Å². The van der Waals surface area contributed by atoms with E-state index in [1.54, 1.807) is 11.1 Å². The van der Waals surface area contributed by atoms with Gasteiger partial charge in [-0.1, -0.05) is 63.5 Å². The van der Waals surface area contributed by atoms with Crippen molar-refractivity contribution in [3.05, 3.63) is 40.5 Å². The van der Waals surface area contributed by atoms with Gasteiger partial charge in [-0.05, 0) is 42.4 Å². The molecule has 1 atom stereocenters. The van der Waals surface area contributed by atoms with Crippen LogP contribution in [0.3, 0.4) is 0 Å². The van der Waals surface area contributed by atoms with Crippen LogP contribution in [0.15, 0.2) is 23.8 Å². The molecule has 0 nitrogen and oxygen atoms in total. The van der Waals surface area contributed by atoms with Gasteiger partial charge in [0, 0.05) is 5.92 Å². The summed E-state index contributed by atoms with van der Waals surface area (Å²) in [6.07, 6.45) is 7.48. The maximum Gasteiger partial charge on any atom is 0.00573 e. The van der Waals surface area contributed by atoms with Crippen molar-refractivity contribution >= 4 is 6.08 Å². The number of hydrogen-bond acceptors (Lipinski definition) is 0. The SMILES string of the molecule is CCc1ccc2c(c1)C(CC(CC)CC)C(C)=C2. The molecule has 18 heavy (non-hydrogen) atoms. The maximum absolute atomic E-state index is 2.44. The van der Waals surface area contributed by atoms with E-state index in [0.29, 0.717) is 5.92 Å². The average molecular weight is 242 g/mol. The van der Waals surface area contributed by atoms with Crippen molar-refractivity contribution in [1.29, 1.82) is 0 Å². The van der Waals surface area contributed by atoms with Crippen LogP contribution < -0.4 is 0 Å². The van der Waals surface area contributed by atoms with Crippen molar-refractivity contribution in [1.82, 2.24) is 0 Å². The fourth-order valence-electron chi connectivity index (χ4n) is 3.14. The predicted molar refractivity (Wildman–Crippen MR) is 80.9 cm³/mol. The van der Waals surface area contributed by atoms with E-state index in [9.17, 15) is 0 Å². The van der Waals surface area contributed by atoms with E-state index in [0.717, 1.165) is 12.3 Å². The Kier molecular flexibility index (Phi) is 4.27. The molecule has 1 aliphatic rings. The molecule has 0 aromatic heterocycles. The highest BCUT2D eigenvalue weighted by Crippen LogP contribution is 2.41. The molecule has 1 unspecified atom stereocenters. The van der Waals surface area contributed by atoms with Crippen LogP contribution in [-0.2, 0) is 6.42 Å². The van der Waals surface area contributed by atoms with Crippen LogP contribution in [0, 0.1) is 5.92 Å². The van der Waals surface area contributed by atoms with Gasteiger partial charge in [0.05, 0.1) is 0 Å². The Morgan fingerprint density at radius 3 is 2.44 bits per heavy atom. The van der Waals surface area contributed by atoms with Gasteiger partial charge >= 0.3 is 0 Å². The maximum atomic E-state index is 2.44. The molecule has 1 aromatic rings. The summed E-state index contributed by atoms with van der Waals surface area (Å²) in [5.74, 6) is 1.55. The third kappa shape index (κ3) is 2.53. The Bertz CT molecular complexity index is 435. The van der Waals surface area contributed by atoms with E-state index in [4.69, 9.17) is 0 Å². The lowest BCUT2D eigenvalue weighted by molar-refractivity contribution is 0.432. The van der Waals surface area contributed by atoms with Crippen LogP contribution in [0.5, 0.6) is 0 Å². The standard InChI is InChI=1S/C18H26/c1-5-14(6-2)11-17-13(4)10-16-9-8-15(7-3)12-18(16)17/h8-10,12,14,17H,5-7,11H2,1-4H3. The number of aryl methyl sites for hydroxylation is 1. The van der Waals surface area contributed by atoms with Crippen LogP contribution in [0.2, 0.25) is 0 Å². The zero-order valence-electron chi connectivity index (χ0n) is 12.3. The number of rotatable bonds is 5. The van der Waals surface area contributed by atoms with Crippen molar-refractivity contribution < 1.29 is 0 Å². The summed E-state index contributed by atoms with van der Waals surface area (Å²) < 4.78 is 0. The third-order valence-corrected chi connectivity index (χ3v) is 4.59. The molecular weight excluding hydrogens is 216 g/mol. The monoisotopic (exact) mass is 242 g/mol. The molecule has 0 fully saturated rings. The molecule has 1 aromatic carbocycles. The molecule has 0 bridgehead atoms. The van der Waals surface area contributed by atoms with Gasteiger partial charge in [0.1, 0.15) is 0 Å². The number of hydrogen-bond donors (Lipinski definition) is 0. The fourth-order valence-corrected chi connectivity index (χ4v) is 3.14. The first kappa shape index (κ1) is 13.4. The van der Waals surface area contributed by atoms with E-state index in [-0.39, 0.29) is 0 Å². The largest absolute Gasteiger partial charge is 0.0652 e. The minimum atomic E-state index is 0.677. The highest BCUT2D eigenvalue weighted by Gasteiger charge is 2.24. The summed E-state index contributed by atoms with van der Waals surface area (Å²) in [6.45, 7) is 9.20. The first-order valence-electron chi connectivity index (χ1n) is 7.50. The summed E-state index contributed by atoms with van der Waals surface area (Å²) in [6, 6.07) is 7.03. The van der Waals surface area contributed by atoms with Gasteiger partial charge in [-0.15, -0.1) is 0 Å². The fraction of sp³-hybridized carbons (Fsp3) is 0.556. The molecule has 98 valence electrons. The molecule has 0 heteroatoms. The first-order chi connectivity index (χ1) is 8.69.